The maximum atomic E-state index is 14.4. The lowest BCUT2D eigenvalue weighted by Gasteiger charge is -2.32. The number of para-hydroxylation sites is 1. The van der Waals surface area contributed by atoms with Crippen LogP contribution in [0.15, 0.2) is 48.5 Å². The van der Waals surface area contributed by atoms with E-state index >= 15 is 0 Å². The topological polar surface area (TPSA) is 90.3 Å². The molecule has 2 N–H and O–H groups in total. The Morgan fingerprint density at radius 2 is 1.82 bits per heavy atom. The molecule has 204 valence electrons. The van der Waals surface area contributed by atoms with Crippen molar-refractivity contribution in [3.05, 3.63) is 59.7 Å². The average Bonchev–Trinajstić information content (AvgIpc) is 3.29. The second kappa shape index (κ2) is 10.6. The number of anilines is 2. The summed E-state index contributed by atoms with van der Waals surface area (Å²) in [5.41, 5.74) is 2.10. The van der Waals surface area contributed by atoms with Crippen molar-refractivity contribution in [2.24, 2.45) is 5.92 Å². The lowest BCUT2D eigenvalue weighted by molar-refractivity contribution is -0.146. The van der Waals surface area contributed by atoms with Gasteiger partial charge in [-0.05, 0) is 56.1 Å². The molecule has 3 aliphatic rings. The molecule has 4 atom stereocenters. The van der Waals surface area contributed by atoms with Crippen LogP contribution in [0.4, 0.5) is 11.4 Å². The fourth-order valence-corrected chi connectivity index (χ4v) is 9.63. The van der Waals surface area contributed by atoms with Crippen LogP contribution in [0.5, 0.6) is 0 Å². The van der Waals surface area contributed by atoms with Crippen LogP contribution in [-0.2, 0) is 26.5 Å². The highest BCUT2D eigenvalue weighted by molar-refractivity contribution is 6.71. The summed E-state index contributed by atoms with van der Waals surface area (Å²) in [7, 11) is -2.71. The lowest BCUT2D eigenvalue weighted by atomic mass is 9.82. The van der Waals surface area contributed by atoms with Crippen LogP contribution >= 0.6 is 0 Å². The highest BCUT2D eigenvalue weighted by Gasteiger charge is 2.65. The predicted octanol–water partition coefficient (Wildman–Crippen LogP) is 4.71. The van der Waals surface area contributed by atoms with Crippen LogP contribution in [0, 0.1) is 5.92 Å². The van der Waals surface area contributed by atoms with Gasteiger partial charge in [0.15, 0.2) is 13.9 Å². The average molecular weight is 537 g/mol. The molecule has 7 nitrogen and oxygen atoms in total. The molecule has 0 aliphatic carbocycles. The van der Waals surface area contributed by atoms with Gasteiger partial charge >= 0.3 is 0 Å². The fourth-order valence-electron chi connectivity index (χ4n) is 7.02. The molecule has 2 amide bonds. The summed E-state index contributed by atoms with van der Waals surface area (Å²) in [6, 6.07) is 15.7. The Hall–Kier alpha value is -2.52. The molecular weight excluding hydrogens is 496 g/mol. The van der Waals surface area contributed by atoms with Crippen molar-refractivity contribution in [2.45, 2.75) is 82.3 Å². The van der Waals surface area contributed by atoms with E-state index in [4.69, 9.17) is 4.74 Å². The van der Waals surface area contributed by atoms with E-state index in [1.54, 1.807) is 4.90 Å². The minimum Gasteiger partial charge on any atom is -0.432 e. The molecule has 0 bridgehead atoms. The van der Waals surface area contributed by atoms with Gasteiger partial charge < -0.3 is 24.4 Å². The van der Waals surface area contributed by atoms with Crippen molar-refractivity contribution in [3.63, 3.8) is 0 Å². The number of ether oxygens (including phenoxy) is 1. The highest BCUT2D eigenvalue weighted by atomic mass is 28.4. The molecule has 8 heteroatoms. The lowest BCUT2D eigenvalue weighted by Crippen LogP contribution is -2.46. The number of carbonyl (C=O) groups is 2. The van der Waals surface area contributed by atoms with Gasteiger partial charge in [-0.25, -0.2) is 0 Å². The van der Waals surface area contributed by atoms with Crippen molar-refractivity contribution in [3.8, 4) is 0 Å². The van der Waals surface area contributed by atoms with Gasteiger partial charge in [0, 0.05) is 42.3 Å². The zero-order chi connectivity index (χ0) is 27.1. The van der Waals surface area contributed by atoms with Gasteiger partial charge in [0.2, 0.25) is 5.91 Å². The normalized spacial score (nSPS) is 28.1. The Kier molecular flexibility index (Phi) is 7.52. The van der Waals surface area contributed by atoms with Gasteiger partial charge in [0.05, 0.1) is 18.3 Å². The van der Waals surface area contributed by atoms with Crippen molar-refractivity contribution in [1.82, 2.24) is 0 Å². The summed E-state index contributed by atoms with van der Waals surface area (Å²) in [6.07, 6.45) is 4.73. The molecule has 0 aromatic heterocycles. The highest BCUT2D eigenvalue weighted by Crippen LogP contribution is 2.59. The number of rotatable bonds is 6. The molecule has 5 rings (SSSR count). The Morgan fingerprint density at radius 1 is 1.05 bits per heavy atom. The monoisotopic (exact) mass is 536 g/mol. The number of fused-ring (bicyclic) bond motifs is 2. The first-order valence-electron chi connectivity index (χ1n) is 14.0. The maximum Gasteiger partial charge on any atom is 0.264 e. The van der Waals surface area contributed by atoms with Crippen LogP contribution < -0.4 is 9.80 Å². The number of amides is 2. The van der Waals surface area contributed by atoms with Crippen LogP contribution in [0.2, 0.25) is 18.6 Å². The molecule has 2 fully saturated rings. The first kappa shape index (κ1) is 27.1. The molecular formula is C30H40N2O5Si. The second-order valence-corrected chi connectivity index (χ2v) is 15.6. The van der Waals surface area contributed by atoms with Crippen LogP contribution in [-0.4, -0.2) is 49.3 Å². The second-order valence-electron chi connectivity index (χ2n) is 11.7. The molecule has 0 radical (unpaired) electrons. The largest absolute Gasteiger partial charge is 0.432 e. The zero-order valence-electron chi connectivity index (χ0n) is 22.7. The van der Waals surface area contributed by atoms with E-state index in [1.807, 2.05) is 73.4 Å². The standard InChI is InChI=1S/C30H40N2O5Si/c1-21-28(38(2,3)36)26(16-18-33)37-30(21)24-13-7-8-14-25(24)32(29(30)35)20-22-11-10-12-23(19-22)31-17-9-5-4-6-15-27(31)34/h7-8,10-14,19,21,26,28,33,36H,4-6,9,15-18,20H2,1-3H3/t21-,26+,28-,30+/m0/s1. The quantitative estimate of drug-likeness (QED) is 0.522. The fraction of sp³-hybridized carbons (Fsp3) is 0.533. The minimum absolute atomic E-state index is 0.0595. The molecule has 2 aromatic carbocycles. The van der Waals surface area contributed by atoms with E-state index in [9.17, 15) is 19.5 Å². The van der Waals surface area contributed by atoms with E-state index in [-0.39, 0.29) is 36.0 Å². The van der Waals surface area contributed by atoms with Crippen molar-refractivity contribution in [1.29, 1.82) is 0 Å². The number of hydrogen-bond donors (Lipinski definition) is 2. The third-order valence-corrected chi connectivity index (χ3v) is 11.2. The third kappa shape index (κ3) is 4.61. The third-order valence-electron chi connectivity index (χ3n) is 8.69. The molecule has 2 saturated heterocycles. The Morgan fingerprint density at radius 3 is 2.58 bits per heavy atom. The van der Waals surface area contributed by atoms with E-state index < -0.39 is 13.9 Å². The molecule has 0 saturated carbocycles. The van der Waals surface area contributed by atoms with E-state index in [2.05, 4.69) is 0 Å². The number of hydrogen-bond acceptors (Lipinski definition) is 5. The smallest absolute Gasteiger partial charge is 0.264 e. The van der Waals surface area contributed by atoms with Gasteiger partial charge in [-0.3, -0.25) is 9.59 Å². The van der Waals surface area contributed by atoms with Crippen LogP contribution in [0.1, 0.15) is 56.6 Å². The molecule has 38 heavy (non-hydrogen) atoms. The van der Waals surface area contributed by atoms with Crippen molar-refractivity contribution in [2.75, 3.05) is 23.0 Å². The maximum absolute atomic E-state index is 14.4. The Labute approximate surface area is 226 Å². The predicted molar refractivity (Wildman–Crippen MR) is 150 cm³/mol. The van der Waals surface area contributed by atoms with Gasteiger partial charge in [-0.15, -0.1) is 0 Å². The van der Waals surface area contributed by atoms with Crippen LogP contribution in [0.25, 0.3) is 0 Å². The van der Waals surface area contributed by atoms with E-state index in [0.29, 0.717) is 19.4 Å². The minimum atomic E-state index is -2.71. The van der Waals surface area contributed by atoms with Gasteiger partial charge in [-0.2, -0.15) is 0 Å². The molecule has 0 unspecified atom stereocenters. The summed E-state index contributed by atoms with van der Waals surface area (Å²) in [5.74, 6) is -0.203. The summed E-state index contributed by atoms with van der Waals surface area (Å²) in [5, 5.41) is 9.75. The molecule has 3 aliphatic heterocycles. The van der Waals surface area contributed by atoms with E-state index in [1.165, 1.54) is 0 Å². The number of carbonyl (C=O) groups excluding carboxylic acids is 2. The Balaban J connectivity index is 1.48. The van der Waals surface area contributed by atoms with Gasteiger partial charge in [-0.1, -0.05) is 50.1 Å². The van der Waals surface area contributed by atoms with E-state index in [0.717, 1.165) is 54.7 Å². The summed E-state index contributed by atoms with van der Waals surface area (Å²) < 4.78 is 6.64. The number of nitrogens with zero attached hydrogens (tertiary/aromatic N) is 2. The molecule has 1 spiro atoms. The summed E-state index contributed by atoms with van der Waals surface area (Å²) in [6.45, 7) is 6.81. The molecule has 2 aromatic rings. The Bertz CT molecular complexity index is 1200. The van der Waals surface area contributed by atoms with Crippen molar-refractivity contribution >= 4 is 31.5 Å². The number of aliphatic hydroxyl groups is 1. The first-order valence-corrected chi connectivity index (χ1v) is 17.0. The van der Waals surface area contributed by atoms with Gasteiger partial charge in [0.1, 0.15) is 0 Å². The number of aliphatic hydroxyl groups excluding tert-OH is 1. The SMILES string of the molecule is C[C@H]1[C@H]([Si](C)(C)O)[C@@H](CCO)O[C@]12C(=O)N(Cc1cccc(N3CCCCCCC3=O)c1)c1ccccc12. The van der Waals surface area contributed by atoms with Crippen molar-refractivity contribution < 1.29 is 24.2 Å². The summed E-state index contributed by atoms with van der Waals surface area (Å²) in [4.78, 5) is 42.1. The first-order chi connectivity index (χ1) is 18.2. The zero-order valence-corrected chi connectivity index (χ0v) is 23.7. The molecule has 3 heterocycles. The van der Waals surface area contributed by atoms with Crippen LogP contribution in [0.3, 0.4) is 0 Å². The summed E-state index contributed by atoms with van der Waals surface area (Å²) >= 11 is 0. The van der Waals surface area contributed by atoms with Gasteiger partial charge in [0.25, 0.3) is 5.91 Å². The number of benzene rings is 2.